The summed E-state index contributed by atoms with van der Waals surface area (Å²) in [5.74, 6) is 0.0854. The Labute approximate surface area is 164 Å². The van der Waals surface area contributed by atoms with E-state index in [1.807, 2.05) is 32.9 Å². The molecule has 1 amide bonds. The number of aryl methyl sites for hydroxylation is 3. The summed E-state index contributed by atoms with van der Waals surface area (Å²) in [5, 5.41) is 2.69. The molecule has 0 fully saturated rings. The van der Waals surface area contributed by atoms with Crippen molar-refractivity contribution in [3.05, 3.63) is 83.0 Å². The fourth-order valence-corrected chi connectivity index (χ4v) is 3.66. The molecule has 144 valence electrons. The van der Waals surface area contributed by atoms with Gasteiger partial charge in [0.2, 0.25) is 0 Å². The number of hydrogen-bond acceptors (Lipinski definition) is 4. The van der Waals surface area contributed by atoms with Gasteiger partial charge in [0.1, 0.15) is 5.82 Å². The van der Waals surface area contributed by atoms with E-state index in [2.05, 4.69) is 15.0 Å². The molecule has 1 aromatic heterocycles. The molecular formula is C21H21N3O3S. The number of carbonyl (C=O) groups is 1. The van der Waals surface area contributed by atoms with Gasteiger partial charge >= 0.3 is 0 Å². The van der Waals surface area contributed by atoms with Crippen LogP contribution in [0.25, 0.3) is 0 Å². The minimum Gasteiger partial charge on any atom is -0.307 e. The van der Waals surface area contributed by atoms with Gasteiger partial charge in [0.15, 0.2) is 0 Å². The minimum absolute atomic E-state index is 0.0796. The number of rotatable bonds is 5. The summed E-state index contributed by atoms with van der Waals surface area (Å²) in [4.78, 5) is 16.6. The fourth-order valence-electron chi connectivity index (χ4n) is 2.61. The SMILES string of the molecule is Cc1cccc(NC(=O)c2ccc(S(=O)(=O)Nc3ccc(C)c(C)c3)cc2)n1. The molecule has 0 saturated heterocycles. The third-order valence-electron chi connectivity index (χ3n) is 4.32. The number of pyridine rings is 1. The lowest BCUT2D eigenvalue weighted by Gasteiger charge is -2.10. The van der Waals surface area contributed by atoms with Crippen LogP contribution in [0, 0.1) is 20.8 Å². The van der Waals surface area contributed by atoms with Gasteiger partial charge in [0, 0.05) is 16.9 Å². The second kappa shape index (κ2) is 7.82. The van der Waals surface area contributed by atoms with E-state index in [1.165, 1.54) is 24.3 Å². The average Bonchev–Trinajstić information content (AvgIpc) is 2.65. The van der Waals surface area contributed by atoms with E-state index in [-0.39, 0.29) is 10.8 Å². The topological polar surface area (TPSA) is 88.2 Å². The average molecular weight is 395 g/mol. The van der Waals surface area contributed by atoms with E-state index in [0.717, 1.165) is 16.8 Å². The summed E-state index contributed by atoms with van der Waals surface area (Å²) in [6, 6.07) is 16.4. The van der Waals surface area contributed by atoms with Crippen LogP contribution in [0.5, 0.6) is 0 Å². The molecule has 0 aliphatic rings. The second-order valence-corrected chi connectivity index (χ2v) is 8.23. The molecule has 0 unspecified atom stereocenters. The number of hydrogen-bond donors (Lipinski definition) is 2. The van der Waals surface area contributed by atoms with Gasteiger partial charge in [0.25, 0.3) is 15.9 Å². The van der Waals surface area contributed by atoms with Crippen LogP contribution >= 0.6 is 0 Å². The second-order valence-electron chi connectivity index (χ2n) is 6.55. The number of amides is 1. The highest BCUT2D eigenvalue weighted by Gasteiger charge is 2.16. The Morgan fingerprint density at radius 2 is 1.61 bits per heavy atom. The quantitative estimate of drug-likeness (QED) is 0.682. The van der Waals surface area contributed by atoms with E-state index in [4.69, 9.17) is 0 Å². The van der Waals surface area contributed by atoms with E-state index in [9.17, 15) is 13.2 Å². The predicted octanol–water partition coefficient (Wildman–Crippen LogP) is 4.06. The van der Waals surface area contributed by atoms with Crippen molar-refractivity contribution < 1.29 is 13.2 Å². The Hall–Kier alpha value is -3.19. The van der Waals surface area contributed by atoms with Crippen molar-refractivity contribution in [3.63, 3.8) is 0 Å². The molecule has 1 heterocycles. The van der Waals surface area contributed by atoms with Gasteiger partial charge in [-0.2, -0.15) is 0 Å². The molecule has 7 heteroatoms. The highest BCUT2D eigenvalue weighted by molar-refractivity contribution is 7.92. The number of anilines is 2. The molecule has 0 atom stereocenters. The first-order valence-electron chi connectivity index (χ1n) is 8.70. The maximum absolute atomic E-state index is 12.6. The monoisotopic (exact) mass is 395 g/mol. The number of benzene rings is 2. The smallest absolute Gasteiger partial charge is 0.261 e. The van der Waals surface area contributed by atoms with Crippen molar-refractivity contribution in [2.75, 3.05) is 10.0 Å². The summed E-state index contributed by atoms with van der Waals surface area (Å²) < 4.78 is 27.7. The maximum Gasteiger partial charge on any atom is 0.261 e. The largest absolute Gasteiger partial charge is 0.307 e. The van der Waals surface area contributed by atoms with Crippen molar-refractivity contribution in [2.45, 2.75) is 25.7 Å². The van der Waals surface area contributed by atoms with E-state index in [1.54, 1.807) is 24.3 Å². The van der Waals surface area contributed by atoms with E-state index in [0.29, 0.717) is 17.1 Å². The molecule has 2 aromatic carbocycles. The summed E-state index contributed by atoms with van der Waals surface area (Å²) in [7, 11) is -3.74. The van der Waals surface area contributed by atoms with E-state index >= 15 is 0 Å². The Morgan fingerprint density at radius 3 is 2.25 bits per heavy atom. The Bertz CT molecular complexity index is 1120. The number of aromatic nitrogens is 1. The van der Waals surface area contributed by atoms with Gasteiger partial charge in [-0.25, -0.2) is 13.4 Å². The van der Waals surface area contributed by atoms with Crippen LogP contribution in [0.2, 0.25) is 0 Å². The fraction of sp³-hybridized carbons (Fsp3) is 0.143. The summed E-state index contributed by atoms with van der Waals surface area (Å²) >= 11 is 0. The third-order valence-corrected chi connectivity index (χ3v) is 5.71. The van der Waals surface area contributed by atoms with Crippen LogP contribution in [-0.2, 0) is 10.0 Å². The Kier molecular flexibility index (Phi) is 5.46. The lowest BCUT2D eigenvalue weighted by atomic mass is 10.1. The van der Waals surface area contributed by atoms with Crippen LogP contribution in [-0.4, -0.2) is 19.3 Å². The van der Waals surface area contributed by atoms with Crippen LogP contribution in [0.4, 0.5) is 11.5 Å². The number of nitrogens with one attached hydrogen (secondary N) is 2. The summed E-state index contributed by atoms with van der Waals surface area (Å²) in [6.45, 7) is 5.71. The normalized spacial score (nSPS) is 11.1. The lowest BCUT2D eigenvalue weighted by Crippen LogP contribution is -2.15. The van der Waals surface area contributed by atoms with Gasteiger partial charge in [-0.3, -0.25) is 9.52 Å². The molecule has 6 nitrogen and oxygen atoms in total. The molecule has 3 aromatic rings. The lowest BCUT2D eigenvalue weighted by molar-refractivity contribution is 0.102. The van der Waals surface area contributed by atoms with Crippen LogP contribution in [0.3, 0.4) is 0 Å². The molecule has 0 spiro atoms. The molecular weight excluding hydrogens is 374 g/mol. The van der Waals surface area contributed by atoms with Gasteiger partial charge in [0.05, 0.1) is 4.90 Å². The highest BCUT2D eigenvalue weighted by Crippen LogP contribution is 2.19. The Balaban J connectivity index is 1.75. The Morgan fingerprint density at radius 1 is 0.893 bits per heavy atom. The first-order valence-corrected chi connectivity index (χ1v) is 10.2. The standard InChI is InChI=1S/C21H21N3O3S/c1-14-7-10-18(13-15(14)2)24-28(26,27)19-11-8-17(9-12-19)21(25)23-20-6-4-5-16(3)22-20/h4-13,24H,1-3H3,(H,22,23,25). The molecule has 0 aliphatic carbocycles. The zero-order chi connectivity index (χ0) is 20.3. The van der Waals surface area contributed by atoms with Gasteiger partial charge < -0.3 is 5.32 Å². The summed E-state index contributed by atoms with van der Waals surface area (Å²) in [6.07, 6.45) is 0. The molecule has 0 bridgehead atoms. The first-order chi connectivity index (χ1) is 13.2. The molecule has 2 N–H and O–H groups in total. The van der Waals surface area contributed by atoms with Crippen molar-refractivity contribution in [1.29, 1.82) is 0 Å². The number of sulfonamides is 1. The van der Waals surface area contributed by atoms with Crippen molar-refractivity contribution >= 4 is 27.4 Å². The van der Waals surface area contributed by atoms with Crippen molar-refractivity contribution in [2.24, 2.45) is 0 Å². The molecule has 0 radical (unpaired) electrons. The summed E-state index contributed by atoms with van der Waals surface area (Å²) in [5.41, 5.74) is 3.71. The molecule has 0 saturated carbocycles. The third kappa shape index (κ3) is 4.55. The number of carbonyl (C=O) groups excluding carboxylic acids is 1. The van der Waals surface area contributed by atoms with Crippen molar-refractivity contribution in [3.8, 4) is 0 Å². The van der Waals surface area contributed by atoms with Crippen LogP contribution in [0.1, 0.15) is 27.2 Å². The zero-order valence-electron chi connectivity index (χ0n) is 15.9. The molecule has 0 aliphatic heterocycles. The first kappa shape index (κ1) is 19.6. The van der Waals surface area contributed by atoms with Gasteiger partial charge in [-0.05, 0) is 80.4 Å². The maximum atomic E-state index is 12.6. The highest BCUT2D eigenvalue weighted by atomic mass is 32.2. The van der Waals surface area contributed by atoms with Gasteiger partial charge in [-0.15, -0.1) is 0 Å². The van der Waals surface area contributed by atoms with E-state index < -0.39 is 10.0 Å². The number of nitrogens with zero attached hydrogens (tertiary/aromatic N) is 1. The molecule has 28 heavy (non-hydrogen) atoms. The molecule has 3 rings (SSSR count). The minimum atomic E-state index is -3.74. The van der Waals surface area contributed by atoms with Gasteiger partial charge in [-0.1, -0.05) is 12.1 Å². The zero-order valence-corrected chi connectivity index (χ0v) is 16.7. The van der Waals surface area contributed by atoms with Crippen LogP contribution < -0.4 is 10.0 Å². The van der Waals surface area contributed by atoms with Crippen LogP contribution in [0.15, 0.2) is 65.6 Å². The predicted molar refractivity (Wildman–Crippen MR) is 110 cm³/mol. The van der Waals surface area contributed by atoms with Crippen molar-refractivity contribution in [1.82, 2.24) is 4.98 Å².